The summed E-state index contributed by atoms with van der Waals surface area (Å²) in [6, 6.07) is 10.6. The number of aromatic nitrogens is 3. The Kier molecular flexibility index (Phi) is 3.60. The zero-order valence-electron chi connectivity index (χ0n) is 11.3. The van der Waals surface area contributed by atoms with Crippen LogP contribution in [0.25, 0.3) is 5.69 Å². The van der Waals surface area contributed by atoms with Gasteiger partial charge in [-0.2, -0.15) is 0 Å². The highest BCUT2D eigenvalue weighted by molar-refractivity contribution is 5.32. The summed E-state index contributed by atoms with van der Waals surface area (Å²) in [6.45, 7) is 3.13. The lowest BCUT2D eigenvalue weighted by Crippen LogP contribution is -2.33. The molecule has 1 aliphatic carbocycles. The third kappa shape index (κ3) is 2.40. The van der Waals surface area contributed by atoms with Crippen LogP contribution in [0.3, 0.4) is 0 Å². The number of para-hydroxylation sites is 1. The number of hydrogen-bond acceptors (Lipinski definition) is 3. The van der Waals surface area contributed by atoms with Gasteiger partial charge in [0, 0.05) is 0 Å². The molecule has 0 saturated heterocycles. The van der Waals surface area contributed by atoms with Crippen LogP contribution in [0, 0.1) is 5.92 Å². The monoisotopic (exact) mass is 256 g/mol. The summed E-state index contributed by atoms with van der Waals surface area (Å²) in [5, 5.41) is 12.0. The third-order valence-corrected chi connectivity index (χ3v) is 3.94. The van der Waals surface area contributed by atoms with Crippen LogP contribution in [0.5, 0.6) is 0 Å². The standard InChI is InChI=1S/C15H20N4/c1-2-16-15(12-7-6-8-12)14-11-17-18-19(14)13-9-4-3-5-10-13/h3-5,9-12,15-16H,2,6-8H2,1H3. The van der Waals surface area contributed by atoms with E-state index in [1.54, 1.807) is 0 Å². The van der Waals surface area contributed by atoms with E-state index < -0.39 is 0 Å². The molecule has 1 aromatic carbocycles. The van der Waals surface area contributed by atoms with Crippen LogP contribution in [-0.2, 0) is 0 Å². The predicted octanol–water partition coefficient (Wildman–Crippen LogP) is 2.72. The van der Waals surface area contributed by atoms with Crippen molar-refractivity contribution in [1.29, 1.82) is 0 Å². The molecule has 1 saturated carbocycles. The molecule has 0 radical (unpaired) electrons. The zero-order valence-corrected chi connectivity index (χ0v) is 11.3. The highest BCUT2D eigenvalue weighted by atomic mass is 15.4. The second kappa shape index (κ2) is 5.53. The van der Waals surface area contributed by atoms with E-state index in [2.05, 4.69) is 34.7 Å². The Balaban J connectivity index is 1.93. The largest absolute Gasteiger partial charge is 0.309 e. The first-order valence-electron chi connectivity index (χ1n) is 7.09. The van der Waals surface area contributed by atoms with Gasteiger partial charge in [-0.3, -0.25) is 0 Å². The lowest BCUT2D eigenvalue weighted by molar-refractivity contribution is 0.227. The highest BCUT2D eigenvalue weighted by Gasteiger charge is 2.30. The predicted molar refractivity (Wildman–Crippen MR) is 75.1 cm³/mol. The number of nitrogens with zero attached hydrogens (tertiary/aromatic N) is 3. The average molecular weight is 256 g/mol. The summed E-state index contributed by atoms with van der Waals surface area (Å²) in [5.41, 5.74) is 2.26. The van der Waals surface area contributed by atoms with E-state index in [1.807, 2.05) is 29.1 Å². The Morgan fingerprint density at radius 3 is 2.74 bits per heavy atom. The Bertz CT molecular complexity index is 516. The molecule has 1 aliphatic rings. The van der Waals surface area contributed by atoms with Crippen LogP contribution >= 0.6 is 0 Å². The third-order valence-electron chi connectivity index (χ3n) is 3.94. The van der Waals surface area contributed by atoms with Crippen molar-refractivity contribution in [2.75, 3.05) is 6.54 Å². The Morgan fingerprint density at radius 2 is 2.11 bits per heavy atom. The number of hydrogen-bond donors (Lipinski definition) is 1. The van der Waals surface area contributed by atoms with Crippen LogP contribution in [0.15, 0.2) is 36.5 Å². The summed E-state index contributed by atoms with van der Waals surface area (Å²) in [6.07, 6.45) is 5.85. The van der Waals surface area contributed by atoms with Gasteiger partial charge in [-0.1, -0.05) is 36.8 Å². The second-order valence-electron chi connectivity index (χ2n) is 5.13. The average Bonchev–Trinajstić information content (AvgIpc) is 2.86. The molecule has 4 nitrogen and oxygen atoms in total. The maximum absolute atomic E-state index is 4.26. The summed E-state index contributed by atoms with van der Waals surface area (Å²) >= 11 is 0. The van der Waals surface area contributed by atoms with Crippen molar-refractivity contribution in [3.05, 3.63) is 42.2 Å². The molecule has 19 heavy (non-hydrogen) atoms. The fourth-order valence-corrected chi connectivity index (χ4v) is 2.73. The van der Waals surface area contributed by atoms with Crippen LogP contribution in [0.1, 0.15) is 37.9 Å². The van der Waals surface area contributed by atoms with Gasteiger partial charge in [0.05, 0.1) is 23.6 Å². The van der Waals surface area contributed by atoms with Crippen molar-refractivity contribution in [3.63, 3.8) is 0 Å². The normalized spacial score (nSPS) is 17.1. The van der Waals surface area contributed by atoms with E-state index in [0.29, 0.717) is 6.04 Å². The van der Waals surface area contributed by atoms with Crippen molar-refractivity contribution >= 4 is 0 Å². The van der Waals surface area contributed by atoms with Crippen LogP contribution in [-0.4, -0.2) is 21.5 Å². The molecule has 0 aliphatic heterocycles. The molecule has 0 bridgehead atoms. The summed E-state index contributed by atoms with van der Waals surface area (Å²) in [5.74, 6) is 0.723. The van der Waals surface area contributed by atoms with E-state index >= 15 is 0 Å². The van der Waals surface area contributed by atoms with Gasteiger partial charge in [0.2, 0.25) is 0 Å². The molecule has 100 valence electrons. The number of benzene rings is 1. The lowest BCUT2D eigenvalue weighted by Gasteiger charge is -2.34. The SMILES string of the molecule is CCNC(c1cnnn1-c1ccccc1)C1CCC1. The molecule has 1 N–H and O–H groups in total. The van der Waals surface area contributed by atoms with E-state index in [9.17, 15) is 0 Å². The molecule has 3 rings (SSSR count). The van der Waals surface area contributed by atoms with Crippen molar-refractivity contribution < 1.29 is 0 Å². The van der Waals surface area contributed by atoms with Crippen molar-refractivity contribution in [1.82, 2.24) is 20.3 Å². The smallest absolute Gasteiger partial charge is 0.0818 e. The van der Waals surface area contributed by atoms with E-state index in [4.69, 9.17) is 0 Å². The van der Waals surface area contributed by atoms with Gasteiger partial charge in [0.25, 0.3) is 0 Å². The van der Waals surface area contributed by atoms with Gasteiger partial charge in [0.1, 0.15) is 0 Å². The maximum Gasteiger partial charge on any atom is 0.0818 e. The Labute approximate surface area is 113 Å². The first-order chi connectivity index (χ1) is 9.40. The van der Waals surface area contributed by atoms with Crippen molar-refractivity contribution in [2.24, 2.45) is 5.92 Å². The molecule has 4 heteroatoms. The summed E-state index contributed by atoms with van der Waals surface area (Å²) in [7, 11) is 0. The topological polar surface area (TPSA) is 42.7 Å². The molecule has 0 spiro atoms. The molecule has 1 unspecified atom stereocenters. The molecule has 2 aromatic rings. The Hall–Kier alpha value is -1.68. The van der Waals surface area contributed by atoms with Gasteiger partial charge in [-0.25, -0.2) is 4.68 Å². The maximum atomic E-state index is 4.26. The first kappa shape index (κ1) is 12.4. The minimum atomic E-state index is 0.369. The lowest BCUT2D eigenvalue weighted by atomic mass is 9.78. The molecule has 1 heterocycles. The quantitative estimate of drug-likeness (QED) is 0.894. The van der Waals surface area contributed by atoms with Crippen LogP contribution < -0.4 is 5.32 Å². The molecule has 1 aromatic heterocycles. The number of nitrogens with one attached hydrogen (secondary N) is 1. The Morgan fingerprint density at radius 1 is 1.32 bits per heavy atom. The number of rotatable bonds is 5. The van der Waals surface area contributed by atoms with E-state index in [1.165, 1.54) is 25.0 Å². The molecule has 1 atom stereocenters. The minimum Gasteiger partial charge on any atom is -0.309 e. The van der Waals surface area contributed by atoms with E-state index in [-0.39, 0.29) is 0 Å². The minimum absolute atomic E-state index is 0.369. The fourth-order valence-electron chi connectivity index (χ4n) is 2.73. The van der Waals surface area contributed by atoms with Crippen LogP contribution in [0.2, 0.25) is 0 Å². The highest BCUT2D eigenvalue weighted by Crippen LogP contribution is 2.37. The fraction of sp³-hybridized carbons (Fsp3) is 0.467. The zero-order chi connectivity index (χ0) is 13.1. The first-order valence-corrected chi connectivity index (χ1v) is 7.09. The van der Waals surface area contributed by atoms with Gasteiger partial charge in [-0.15, -0.1) is 5.10 Å². The molecular formula is C15H20N4. The van der Waals surface area contributed by atoms with Crippen LogP contribution in [0.4, 0.5) is 0 Å². The van der Waals surface area contributed by atoms with Crippen molar-refractivity contribution in [2.45, 2.75) is 32.2 Å². The molecular weight excluding hydrogens is 236 g/mol. The van der Waals surface area contributed by atoms with E-state index in [0.717, 1.165) is 18.2 Å². The summed E-state index contributed by atoms with van der Waals surface area (Å²) in [4.78, 5) is 0. The van der Waals surface area contributed by atoms with Gasteiger partial charge < -0.3 is 5.32 Å². The van der Waals surface area contributed by atoms with Gasteiger partial charge in [-0.05, 0) is 37.4 Å². The van der Waals surface area contributed by atoms with Gasteiger partial charge >= 0.3 is 0 Å². The van der Waals surface area contributed by atoms with Crippen molar-refractivity contribution in [3.8, 4) is 5.69 Å². The summed E-state index contributed by atoms with van der Waals surface area (Å²) < 4.78 is 1.96. The molecule has 1 fully saturated rings. The van der Waals surface area contributed by atoms with Gasteiger partial charge in [0.15, 0.2) is 0 Å². The molecule has 0 amide bonds. The second-order valence-corrected chi connectivity index (χ2v) is 5.13.